The van der Waals surface area contributed by atoms with Gasteiger partial charge in [0, 0.05) is 26.6 Å². The standard InChI is InChI=1S/C34H26ClF3N2O4S2/c1-15-4-2-5-16(10-15)14-44-23-9-8-18(35)12-20(23)24-25-21-13-22(28(25)45-30-29(24)46-33(43)39-30)27-26(21)31(41)40(32(27)42)19-7-3-6-17(11-19)34(36,37)38/h2-12,21-22,24-28H,13-14H2,1H3,(H,39,43)/t21-,22-,24+,25+,26+,27+,28-/m1/s1. The van der Waals surface area contributed by atoms with Crippen LogP contribution >= 0.6 is 34.7 Å². The lowest BCUT2D eigenvalue weighted by Crippen LogP contribution is -2.42. The minimum atomic E-state index is -4.61. The molecule has 2 saturated carbocycles. The van der Waals surface area contributed by atoms with Crippen LogP contribution in [-0.4, -0.2) is 22.0 Å². The first-order chi connectivity index (χ1) is 22.0. The van der Waals surface area contributed by atoms with Gasteiger partial charge >= 0.3 is 11.0 Å². The van der Waals surface area contributed by atoms with Gasteiger partial charge in [-0.15, -0.1) is 11.8 Å². The molecule has 6 nitrogen and oxygen atoms in total. The van der Waals surface area contributed by atoms with E-state index in [-0.39, 0.29) is 39.5 Å². The molecular formula is C34H26ClF3N2O4S2. The number of thioether (sulfide) groups is 1. The zero-order valence-electron chi connectivity index (χ0n) is 24.2. The summed E-state index contributed by atoms with van der Waals surface area (Å²) in [7, 11) is 0. The molecule has 2 aliphatic heterocycles. The number of aromatic nitrogens is 1. The van der Waals surface area contributed by atoms with Crippen LogP contribution in [-0.2, 0) is 22.4 Å². The number of rotatable bonds is 5. The van der Waals surface area contributed by atoms with Gasteiger partial charge in [0.1, 0.15) is 12.4 Å². The van der Waals surface area contributed by atoms with Crippen LogP contribution in [0.5, 0.6) is 5.75 Å². The van der Waals surface area contributed by atoms with Gasteiger partial charge in [-0.05, 0) is 73.1 Å². The Kier molecular flexibility index (Phi) is 6.97. The minimum absolute atomic E-state index is 0.0593. The number of carbonyl (C=O) groups is 2. The van der Waals surface area contributed by atoms with E-state index in [1.165, 1.54) is 23.9 Å². The molecule has 2 amide bonds. The third kappa shape index (κ3) is 4.65. The third-order valence-corrected chi connectivity index (χ3v) is 12.8. The quantitative estimate of drug-likeness (QED) is 0.219. The third-order valence-electron chi connectivity index (χ3n) is 9.94. The molecule has 1 saturated heterocycles. The van der Waals surface area contributed by atoms with Gasteiger partial charge in [0.25, 0.3) is 0 Å². The van der Waals surface area contributed by atoms with Crippen molar-refractivity contribution in [3.8, 4) is 5.75 Å². The van der Waals surface area contributed by atoms with Crippen LogP contribution in [0.4, 0.5) is 18.9 Å². The van der Waals surface area contributed by atoms with Gasteiger partial charge in [0.05, 0.1) is 28.1 Å². The van der Waals surface area contributed by atoms with Crippen LogP contribution in [0.15, 0.2) is 76.6 Å². The first-order valence-corrected chi connectivity index (χ1v) is 17.0. The number of hydrogen-bond donors (Lipinski definition) is 1. The molecule has 0 unspecified atom stereocenters. The lowest BCUT2D eigenvalue weighted by molar-refractivity contribution is -0.137. The van der Waals surface area contributed by atoms with Crippen LogP contribution in [0.2, 0.25) is 5.02 Å². The summed E-state index contributed by atoms with van der Waals surface area (Å²) in [5.41, 5.74) is 1.94. The maximum Gasteiger partial charge on any atom is 0.416 e. The van der Waals surface area contributed by atoms with Gasteiger partial charge < -0.3 is 9.72 Å². The van der Waals surface area contributed by atoms with E-state index in [0.717, 1.165) is 55.0 Å². The molecule has 4 aliphatic rings. The van der Waals surface area contributed by atoms with Gasteiger partial charge in [-0.3, -0.25) is 19.3 Å². The molecule has 8 rings (SSSR count). The van der Waals surface area contributed by atoms with E-state index in [1.54, 1.807) is 6.07 Å². The smallest absolute Gasteiger partial charge is 0.416 e. The van der Waals surface area contributed by atoms with E-state index in [2.05, 4.69) is 4.98 Å². The Morgan fingerprint density at radius 3 is 2.50 bits per heavy atom. The number of benzene rings is 3. The van der Waals surface area contributed by atoms with E-state index in [4.69, 9.17) is 16.3 Å². The van der Waals surface area contributed by atoms with Crippen LogP contribution in [0.1, 0.15) is 39.5 Å². The Bertz CT molecular complexity index is 1980. The number of nitrogens with one attached hydrogen (secondary N) is 1. The van der Waals surface area contributed by atoms with Gasteiger partial charge in [0.2, 0.25) is 11.8 Å². The molecule has 3 fully saturated rings. The molecule has 2 aliphatic carbocycles. The van der Waals surface area contributed by atoms with Crippen molar-refractivity contribution in [3.63, 3.8) is 0 Å². The SMILES string of the molecule is Cc1cccc(COc2ccc(Cl)cc2[C@@H]2c3sc(=O)[nH]c3S[C@@H]3[C@@H]4C[C@@H]([C@@H]5C(=O)N(c6cccc(C(F)(F)F)c6)C(=O)[C@@H]45)[C@@H]23)c1. The normalized spacial score (nSPS) is 27.9. The molecule has 0 radical (unpaired) electrons. The number of fused-ring (bicyclic) bond motifs is 9. The fourth-order valence-electron chi connectivity index (χ4n) is 8.30. The summed E-state index contributed by atoms with van der Waals surface area (Å²) in [6.45, 7) is 2.33. The zero-order valence-corrected chi connectivity index (χ0v) is 26.6. The summed E-state index contributed by atoms with van der Waals surface area (Å²) < 4.78 is 47.0. The number of alkyl halides is 3. The van der Waals surface area contributed by atoms with Gasteiger partial charge in [-0.1, -0.05) is 58.8 Å². The van der Waals surface area contributed by atoms with Crippen molar-refractivity contribution >= 4 is 52.2 Å². The average molecular weight is 683 g/mol. The molecule has 7 atom stereocenters. The number of aromatic amines is 1. The molecule has 3 aromatic carbocycles. The molecule has 4 aromatic rings. The zero-order chi connectivity index (χ0) is 32.1. The Labute approximate surface area is 274 Å². The number of anilines is 1. The first kappa shape index (κ1) is 29.8. The molecule has 3 heterocycles. The summed E-state index contributed by atoms with van der Waals surface area (Å²) in [4.78, 5) is 45.3. The number of H-pyrrole nitrogens is 1. The topological polar surface area (TPSA) is 79.5 Å². The summed E-state index contributed by atoms with van der Waals surface area (Å²) in [5, 5.41) is 1.14. The lowest BCUT2D eigenvalue weighted by Gasteiger charge is -2.43. The predicted octanol–water partition coefficient (Wildman–Crippen LogP) is 7.67. The second-order valence-corrected chi connectivity index (χ2v) is 15.1. The van der Waals surface area contributed by atoms with E-state index < -0.39 is 35.4 Å². The van der Waals surface area contributed by atoms with E-state index in [0.29, 0.717) is 23.8 Å². The second-order valence-electron chi connectivity index (χ2n) is 12.5. The van der Waals surface area contributed by atoms with Crippen molar-refractivity contribution in [2.75, 3.05) is 4.90 Å². The molecule has 236 valence electrons. The number of hydrogen-bond acceptors (Lipinski definition) is 6. The van der Waals surface area contributed by atoms with Crippen LogP contribution in [0.3, 0.4) is 0 Å². The van der Waals surface area contributed by atoms with Gasteiger partial charge in [-0.2, -0.15) is 13.2 Å². The maximum absolute atomic E-state index is 14.0. The molecule has 0 spiro atoms. The van der Waals surface area contributed by atoms with E-state index >= 15 is 0 Å². The van der Waals surface area contributed by atoms with E-state index in [1.807, 2.05) is 43.3 Å². The van der Waals surface area contributed by atoms with Crippen molar-refractivity contribution < 1.29 is 27.5 Å². The number of amides is 2. The summed E-state index contributed by atoms with van der Waals surface area (Å²) in [6.07, 6.45) is -3.97. The Hall–Kier alpha value is -3.54. The van der Waals surface area contributed by atoms with E-state index in [9.17, 15) is 27.6 Å². The first-order valence-electron chi connectivity index (χ1n) is 14.9. The number of ether oxygens (including phenoxy) is 1. The summed E-state index contributed by atoms with van der Waals surface area (Å²) in [6, 6.07) is 17.9. The highest BCUT2D eigenvalue weighted by Gasteiger charge is 2.70. The second kappa shape index (κ2) is 10.7. The summed E-state index contributed by atoms with van der Waals surface area (Å²) >= 11 is 9.25. The number of thiazole rings is 1. The molecule has 1 aromatic heterocycles. The average Bonchev–Trinajstić information content (AvgIpc) is 3.75. The van der Waals surface area contributed by atoms with Gasteiger partial charge in [0.15, 0.2) is 0 Å². The fourth-order valence-corrected chi connectivity index (χ4v) is 11.4. The van der Waals surface area contributed by atoms with Crippen LogP contribution < -0.4 is 14.5 Å². The maximum atomic E-state index is 14.0. The highest BCUT2D eigenvalue weighted by Crippen LogP contribution is 2.69. The van der Waals surface area contributed by atoms with Crippen molar-refractivity contribution in [2.45, 2.75) is 42.3 Å². The van der Waals surface area contributed by atoms with Crippen molar-refractivity contribution in [3.05, 3.63) is 109 Å². The highest BCUT2D eigenvalue weighted by molar-refractivity contribution is 8.00. The monoisotopic (exact) mass is 682 g/mol. The summed E-state index contributed by atoms with van der Waals surface area (Å²) in [5.74, 6) is -2.47. The number of carbonyl (C=O) groups excluding carboxylic acids is 2. The number of imide groups is 1. The predicted molar refractivity (Wildman–Crippen MR) is 169 cm³/mol. The van der Waals surface area contributed by atoms with Crippen molar-refractivity contribution in [2.24, 2.45) is 29.6 Å². The molecule has 2 bridgehead atoms. The fraction of sp³-hybridized carbons (Fsp3) is 0.324. The highest BCUT2D eigenvalue weighted by atomic mass is 35.5. The molecule has 1 N–H and O–H groups in total. The van der Waals surface area contributed by atoms with Crippen LogP contribution in [0.25, 0.3) is 0 Å². The molecule has 46 heavy (non-hydrogen) atoms. The lowest BCUT2D eigenvalue weighted by atomic mass is 9.68. The van der Waals surface area contributed by atoms with Gasteiger partial charge in [-0.25, -0.2) is 0 Å². The number of nitrogens with zero attached hydrogens (tertiary/aromatic N) is 1. The molecule has 12 heteroatoms. The largest absolute Gasteiger partial charge is 0.489 e. The van der Waals surface area contributed by atoms with Crippen molar-refractivity contribution in [1.82, 2.24) is 4.98 Å². The number of aryl methyl sites for hydroxylation is 1. The minimum Gasteiger partial charge on any atom is -0.489 e. The van der Waals surface area contributed by atoms with Crippen LogP contribution in [0, 0.1) is 36.5 Å². The van der Waals surface area contributed by atoms with Crippen molar-refractivity contribution in [1.29, 1.82) is 0 Å². The Morgan fingerprint density at radius 1 is 0.978 bits per heavy atom. The Morgan fingerprint density at radius 2 is 1.74 bits per heavy atom. The number of halogens is 4. The Balaban J connectivity index is 1.19. The molecular weight excluding hydrogens is 657 g/mol.